The molecule has 0 spiro atoms. The van der Waals surface area contributed by atoms with Gasteiger partial charge in [-0.1, -0.05) is 260 Å². The number of aliphatic carboxylic acids is 1. The first kappa shape index (κ1) is 89.3. The Morgan fingerprint density at radius 3 is 1.12 bits per heavy atom. The van der Waals surface area contributed by atoms with Crippen molar-refractivity contribution >= 4 is 49.5 Å². The molecule has 6 N–H and O–H groups in total. The predicted molar refractivity (Wildman–Crippen MR) is 370 cm³/mol. The molecule has 9 atom stereocenters. The van der Waals surface area contributed by atoms with E-state index in [1.807, 2.05) is 13.8 Å². The maximum atomic E-state index is 14.7. The highest BCUT2D eigenvalue weighted by molar-refractivity contribution is 7.46. The largest absolute Gasteiger partial charge is 0.480 e. The van der Waals surface area contributed by atoms with Crippen LogP contribution >= 0.6 is 7.82 Å². The Morgan fingerprint density at radius 2 is 0.758 bits per heavy atom. The van der Waals surface area contributed by atoms with Crippen LogP contribution in [0, 0.1) is 0 Å². The molecule has 1 aliphatic rings. The molecule has 556 valence electrons. The first-order valence-corrected chi connectivity index (χ1v) is 39.6. The summed E-state index contributed by atoms with van der Waals surface area (Å²) in [5.74, 6) is -5.61. The summed E-state index contributed by atoms with van der Waals surface area (Å²) in [4.78, 5) is 117. The minimum atomic E-state index is -5.55. The molecule has 0 aliphatic carbocycles. The zero-order valence-corrected chi connectivity index (χ0v) is 61.0. The van der Waals surface area contributed by atoms with Crippen molar-refractivity contribution < 1.29 is 91.1 Å². The van der Waals surface area contributed by atoms with Gasteiger partial charge in [0.1, 0.15) is 36.6 Å². The van der Waals surface area contributed by atoms with Crippen molar-refractivity contribution in [3.05, 3.63) is 0 Å². The number of aliphatic hydroxyl groups excluding tert-OH is 1. The summed E-state index contributed by atoms with van der Waals surface area (Å²) in [6.45, 7) is 10.8. The lowest BCUT2D eigenvalue weighted by atomic mass is 9.95. The number of unbranched alkanes of at least 4 members (excludes halogenated alkanes) is 34. The fourth-order valence-corrected chi connectivity index (χ4v) is 12.7. The Hall–Kier alpha value is -3.72. The number of ether oxygens (including phenoxy) is 6. The number of nitrogens with one attached hydrogen (secondary N) is 2. The highest BCUT2D eigenvalue weighted by Gasteiger charge is 2.52. The molecule has 0 radical (unpaired) electrons. The predicted octanol–water partition coefficient (Wildman–Crippen LogP) is 16.1. The quantitative estimate of drug-likeness (QED) is 0.0143. The third-order valence-corrected chi connectivity index (χ3v) is 18.2. The molecule has 0 unspecified atom stereocenters. The second-order valence-corrected chi connectivity index (χ2v) is 27.9. The summed E-state index contributed by atoms with van der Waals surface area (Å²) in [6.07, 6.45) is 28.8. The third kappa shape index (κ3) is 48.6. The van der Waals surface area contributed by atoms with Crippen molar-refractivity contribution in [3.8, 4) is 0 Å². The minimum Gasteiger partial charge on any atom is -0.480 e. The van der Waals surface area contributed by atoms with Crippen molar-refractivity contribution in [2.24, 2.45) is 0 Å². The van der Waals surface area contributed by atoms with Crippen LogP contribution in [0.4, 0.5) is 0 Å². The topological polar surface area (TPSA) is 306 Å². The smallest absolute Gasteiger partial charge is 0.470 e. The van der Waals surface area contributed by atoms with E-state index in [0.717, 1.165) is 173 Å². The zero-order chi connectivity index (χ0) is 70.2. The number of phosphoric ester groups is 1. The van der Waals surface area contributed by atoms with Crippen molar-refractivity contribution in [1.82, 2.24) is 10.6 Å². The van der Waals surface area contributed by atoms with Gasteiger partial charge in [-0.3, -0.25) is 33.3 Å². The van der Waals surface area contributed by atoms with Crippen LogP contribution in [0.25, 0.3) is 0 Å². The summed E-state index contributed by atoms with van der Waals surface area (Å²) in [5.41, 5.74) is 0. The van der Waals surface area contributed by atoms with Gasteiger partial charge in [0.25, 0.3) is 0 Å². The average molecular weight is 1380 g/mol. The van der Waals surface area contributed by atoms with E-state index >= 15 is 0 Å². The number of hydrogen-bond acceptors (Lipinski definition) is 16. The van der Waals surface area contributed by atoms with Crippen LogP contribution in [-0.4, -0.2) is 130 Å². The molecular weight excluding hydrogens is 1240 g/mol. The van der Waals surface area contributed by atoms with E-state index < -0.39 is 131 Å². The van der Waals surface area contributed by atoms with Gasteiger partial charge >= 0.3 is 37.7 Å². The molecule has 1 fully saturated rings. The van der Waals surface area contributed by atoms with Crippen LogP contribution in [0.15, 0.2) is 0 Å². The van der Waals surface area contributed by atoms with Gasteiger partial charge in [-0.2, -0.15) is 0 Å². The van der Waals surface area contributed by atoms with Gasteiger partial charge in [-0.25, -0.2) is 9.36 Å². The van der Waals surface area contributed by atoms with Gasteiger partial charge in [-0.05, 0) is 57.8 Å². The number of carboxylic acids is 1. The number of phosphoric acid groups is 1. The summed E-state index contributed by atoms with van der Waals surface area (Å²) < 4.78 is 54.3. The normalized spacial score (nSPS) is 17.7. The summed E-state index contributed by atoms with van der Waals surface area (Å²) in [5, 5.41) is 26.7. The molecule has 0 aromatic rings. The third-order valence-electron chi connectivity index (χ3n) is 17.7. The van der Waals surface area contributed by atoms with E-state index in [9.17, 15) is 58.1 Å². The number of amides is 2. The van der Waals surface area contributed by atoms with E-state index in [1.54, 1.807) is 0 Å². The molecule has 1 aliphatic heterocycles. The van der Waals surface area contributed by atoms with Crippen LogP contribution in [-0.2, 0) is 71.1 Å². The molecular formula is C73H135N2O19P. The number of carboxylic acid groups (broad SMARTS) is 1. The summed E-state index contributed by atoms with van der Waals surface area (Å²) in [7, 11) is -5.55. The SMILES string of the molecule is CCCCCCCCCCC[C@H](CC(=O)N[C@H]1[C@@H](OC[C@H](NC(=O)C[C@@H](CCCCCCCCCCC)OC(=O)CCCCC)C(=O)O)O[C@H](CO)[C@@H](OP(=O)(O)O)[C@@H]1OC(=O)C[C@@H](CCCCCCCCCCC)OC(=O)CCCCC)OC(=O)CCCCCCCCC. The molecule has 1 heterocycles. The fourth-order valence-electron chi connectivity index (χ4n) is 12.1. The molecule has 1 saturated heterocycles. The van der Waals surface area contributed by atoms with Crippen molar-refractivity contribution in [1.29, 1.82) is 0 Å². The number of carbonyl (C=O) groups excluding carboxylic acids is 6. The van der Waals surface area contributed by atoms with Gasteiger partial charge in [0.2, 0.25) is 11.8 Å². The van der Waals surface area contributed by atoms with Gasteiger partial charge in [0.05, 0.1) is 32.5 Å². The summed E-state index contributed by atoms with van der Waals surface area (Å²) in [6, 6.07) is -3.59. The minimum absolute atomic E-state index is 0.111. The van der Waals surface area contributed by atoms with E-state index in [1.165, 1.54) is 44.9 Å². The Bertz CT molecular complexity index is 2030. The van der Waals surface area contributed by atoms with Crippen LogP contribution in [0.5, 0.6) is 0 Å². The van der Waals surface area contributed by atoms with Gasteiger partial charge < -0.3 is 59.1 Å². The Labute approximate surface area is 573 Å². The van der Waals surface area contributed by atoms with Crippen LogP contribution in [0.1, 0.15) is 356 Å². The second kappa shape index (κ2) is 59.2. The molecule has 0 aromatic heterocycles. The molecule has 1 rings (SSSR count). The van der Waals surface area contributed by atoms with Crippen molar-refractivity contribution in [2.45, 2.75) is 411 Å². The monoisotopic (exact) mass is 1370 g/mol. The lowest BCUT2D eigenvalue weighted by Gasteiger charge is -2.45. The van der Waals surface area contributed by atoms with Gasteiger partial charge in [0, 0.05) is 19.3 Å². The molecule has 2 amide bonds. The van der Waals surface area contributed by atoms with Crippen LogP contribution < -0.4 is 10.6 Å². The Morgan fingerprint density at radius 1 is 0.432 bits per heavy atom. The van der Waals surface area contributed by atoms with E-state index in [0.29, 0.717) is 51.4 Å². The van der Waals surface area contributed by atoms with Gasteiger partial charge in [0.15, 0.2) is 18.4 Å². The Kier molecular flexibility index (Phi) is 55.6. The van der Waals surface area contributed by atoms with Crippen molar-refractivity contribution in [3.63, 3.8) is 0 Å². The van der Waals surface area contributed by atoms with E-state index in [2.05, 4.69) is 38.3 Å². The number of rotatable bonds is 65. The molecule has 22 heteroatoms. The van der Waals surface area contributed by atoms with Gasteiger partial charge in [-0.15, -0.1) is 0 Å². The number of hydrogen-bond donors (Lipinski definition) is 6. The molecule has 0 saturated carbocycles. The number of esters is 4. The van der Waals surface area contributed by atoms with E-state index in [4.69, 9.17) is 32.9 Å². The second-order valence-electron chi connectivity index (χ2n) is 26.7. The van der Waals surface area contributed by atoms with Crippen LogP contribution in [0.3, 0.4) is 0 Å². The average Bonchev–Trinajstić information content (AvgIpc) is 0.791. The van der Waals surface area contributed by atoms with Crippen molar-refractivity contribution in [2.75, 3.05) is 13.2 Å². The maximum Gasteiger partial charge on any atom is 0.470 e. The maximum absolute atomic E-state index is 14.7. The standard InChI is InChI=1S/C73H135N2O19P/c1-7-13-19-23-27-30-34-37-43-47-58(89-65(79)50-41-17-11-5)53-63(77)74-61(72(83)84)57-88-73-69(75-64(78)54-59(48-44-38-35-31-28-24-20-14-8-2)90-67(81)52-46-40-33-26-22-16-10-4)71(70(62(56-76)92-73)94-95(85,86)87)93-68(82)55-60(91-66(80)51-42-18-12-6)49-45-39-36-32-29-25-21-15-9-3/h58-62,69-71,73,76H,7-57H2,1-6H3,(H,74,77)(H,75,78)(H,83,84)(H2,85,86,87)/t58-,59-,60-,61+,62-,69-,70-,71-,73+/m1/s1. The number of carbonyl (C=O) groups is 7. The molecule has 0 aromatic carbocycles. The Balaban J connectivity index is 3.81. The number of aliphatic hydroxyl groups is 1. The highest BCUT2D eigenvalue weighted by atomic mass is 31.2. The lowest BCUT2D eigenvalue weighted by Crippen LogP contribution is -2.66. The molecule has 0 bridgehead atoms. The zero-order valence-electron chi connectivity index (χ0n) is 60.1. The molecule has 95 heavy (non-hydrogen) atoms. The summed E-state index contributed by atoms with van der Waals surface area (Å²) >= 11 is 0. The lowest BCUT2D eigenvalue weighted by molar-refractivity contribution is -0.272. The fraction of sp³-hybridized carbons (Fsp3) is 0.904. The first-order valence-electron chi connectivity index (χ1n) is 38.1. The highest BCUT2D eigenvalue weighted by Crippen LogP contribution is 2.42. The van der Waals surface area contributed by atoms with Crippen LogP contribution in [0.2, 0.25) is 0 Å². The first-order chi connectivity index (χ1) is 45.8. The molecule has 21 nitrogen and oxygen atoms in total. The van der Waals surface area contributed by atoms with E-state index in [-0.39, 0.29) is 32.1 Å².